The molecular formula is C20H24N2O3S. The second-order valence-corrected chi connectivity index (χ2v) is 8.45. The van der Waals surface area contributed by atoms with E-state index in [9.17, 15) is 9.59 Å². The average Bonchev–Trinajstić information content (AvgIpc) is 2.63. The summed E-state index contributed by atoms with van der Waals surface area (Å²) >= 11 is 1.51. The lowest BCUT2D eigenvalue weighted by molar-refractivity contribution is -0.128. The Morgan fingerprint density at radius 3 is 2.23 bits per heavy atom. The Balaban J connectivity index is 1.84. The van der Waals surface area contributed by atoms with E-state index >= 15 is 0 Å². The highest BCUT2D eigenvalue weighted by atomic mass is 32.2. The van der Waals surface area contributed by atoms with Crippen LogP contribution in [0.25, 0.3) is 11.1 Å². The van der Waals surface area contributed by atoms with Crippen molar-refractivity contribution in [2.45, 2.75) is 25.5 Å². The van der Waals surface area contributed by atoms with Gasteiger partial charge in [-0.1, -0.05) is 69.3 Å². The SMILES string of the molecule is CC(C)(C)SCC(=O)NNC(=O)COc1ccccc1-c1ccccc1. The van der Waals surface area contributed by atoms with Gasteiger partial charge < -0.3 is 4.74 Å². The predicted molar refractivity (Wildman–Crippen MR) is 106 cm³/mol. The monoisotopic (exact) mass is 372 g/mol. The summed E-state index contributed by atoms with van der Waals surface area (Å²) in [5, 5.41) is 0. The van der Waals surface area contributed by atoms with Gasteiger partial charge in [-0.2, -0.15) is 0 Å². The molecule has 2 aromatic rings. The summed E-state index contributed by atoms with van der Waals surface area (Å²) in [5.74, 6) is 0.231. The molecule has 2 aromatic carbocycles. The van der Waals surface area contributed by atoms with Gasteiger partial charge in [-0.15, -0.1) is 11.8 Å². The molecule has 0 aromatic heterocycles. The maximum atomic E-state index is 11.9. The third-order valence-corrected chi connectivity index (χ3v) is 4.58. The maximum absolute atomic E-state index is 11.9. The number of hydrogen-bond donors (Lipinski definition) is 2. The van der Waals surface area contributed by atoms with E-state index in [-0.39, 0.29) is 23.0 Å². The standard InChI is InChI=1S/C20H24N2O3S/c1-20(2,3)26-14-19(24)22-21-18(23)13-25-17-12-8-7-11-16(17)15-9-5-4-6-10-15/h4-12H,13-14H2,1-3H3,(H,21,23)(H,22,24). The largest absolute Gasteiger partial charge is 0.483 e. The van der Waals surface area contributed by atoms with Crippen molar-refractivity contribution in [3.63, 3.8) is 0 Å². The minimum Gasteiger partial charge on any atom is -0.483 e. The summed E-state index contributed by atoms with van der Waals surface area (Å²) in [6.07, 6.45) is 0. The second-order valence-electron chi connectivity index (χ2n) is 6.65. The zero-order valence-electron chi connectivity index (χ0n) is 15.2. The molecule has 2 rings (SSSR count). The Morgan fingerprint density at radius 2 is 1.54 bits per heavy atom. The van der Waals surface area contributed by atoms with Crippen LogP contribution in [0.1, 0.15) is 20.8 Å². The van der Waals surface area contributed by atoms with Crippen molar-refractivity contribution in [1.29, 1.82) is 0 Å². The summed E-state index contributed by atoms with van der Waals surface area (Å²) in [5.41, 5.74) is 6.69. The molecule has 138 valence electrons. The first-order valence-corrected chi connectivity index (χ1v) is 9.32. The first-order valence-electron chi connectivity index (χ1n) is 8.34. The molecule has 0 aliphatic heterocycles. The molecule has 0 unspecified atom stereocenters. The van der Waals surface area contributed by atoms with Gasteiger partial charge >= 0.3 is 0 Å². The topological polar surface area (TPSA) is 67.4 Å². The number of nitrogens with one attached hydrogen (secondary N) is 2. The van der Waals surface area contributed by atoms with Gasteiger partial charge in [-0.05, 0) is 11.6 Å². The molecule has 2 amide bonds. The van der Waals surface area contributed by atoms with Crippen LogP contribution in [0.2, 0.25) is 0 Å². The third kappa shape index (κ3) is 6.80. The van der Waals surface area contributed by atoms with E-state index in [2.05, 4.69) is 10.9 Å². The smallest absolute Gasteiger partial charge is 0.276 e. The number of benzene rings is 2. The number of ether oxygens (including phenoxy) is 1. The van der Waals surface area contributed by atoms with Crippen molar-refractivity contribution in [2.75, 3.05) is 12.4 Å². The van der Waals surface area contributed by atoms with Gasteiger partial charge in [0, 0.05) is 10.3 Å². The summed E-state index contributed by atoms with van der Waals surface area (Å²) in [7, 11) is 0. The van der Waals surface area contributed by atoms with Crippen LogP contribution >= 0.6 is 11.8 Å². The molecule has 0 fully saturated rings. The summed E-state index contributed by atoms with van der Waals surface area (Å²) in [4.78, 5) is 23.6. The average molecular weight is 372 g/mol. The van der Waals surface area contributed by atoms with E-state index in [1.54, 1.807) is 0 Å². The highest BCUT2D eigenvalue weighted by Crippen LogP contribution is 2.29. The third-order valence-electron chi connectivity index (χ3n) is 3.31. The van der Waals surface area contributed by atoms with Gasteiger partial charge in [0.25, 0.3) is 5.91 Å². The minimum absolute atomic E-state index is 0.00832. The fourth-order valence-corrected chi connectivity index (χ4v) is 2.72. The van der Waals surface area contributed by atoms with Crippen molar-refractivity contribution in [1.82, 2.24) is 10.9 Å². The normalized spacial score (nSPS) is 10.9. The minimum atomic E-state index is -0.415. The highest BCUT2D eigenvalue weighted by molar-refractivity contribution is 8.01. The van der Waals surface area contributed by atoms with E-state index in [4.69, 9.17) is 4.74 Å². The van der Waals surface area contributed by atoms with E-state index in [1.807, 2.05) is 75.4 Å². The summed E-state index contributed by atoms with van der Waals surface area (Å²) in [6.45, 7) is 5.90. The number of hydrazine groups is 1. The Morgan fingerprint density at radius 1 is 0.923 bits per heavy atom. The Kier molecular flexibility index (Phi) is 7.09. The molecule has 0 bridgehead atoms. The molecule has 0 aliphatic carbocycles. The van der Waals surface area contributed by atoms with Crippen LogP contribution in [-0.4, -0.2) is 28.9 Å². The maximum Gasteiger partial charge on any atom is 0.276 e. The molecule has 0 radical (unpaired) electrons. The molecule has 0 saturated heterocycles. The molecule has 0 spiro atoms. The first kappa shape index (κ1) is 19.8. The molecule has 6 heteroatoms. The van der Waals surface area contributed by atoms with Crippen LogP contribution in [0.15, 0.2) is 54.6 Å². The van der Waals surface area contributed by atoms with Crippen LogP contribution in [0, 0.1) is 0 Å². The number of rotatable bonds is 6. The number of carbonyl (C=O) groups excluding carboxylic acids is 2. The molecule has 0 heterocycles. The van der Waals surface area contributed by atoms with Gasteiger partial charge in [0.15, 0.2) is 6.61 Å². The fraction of sp³-hybridized carbons (Fsp3) is 0.300. The van der Waals surface area contributed by atoms with Gasteiger partial charge in [0.05, 0.1) is 5.75 Å². The fourth-order valence-electron chi connectivity index (χ4n) is 2.09. The van der Waals surface area contributed by atoms with Gasteiger partial charge in [-0.3, -0.25) is 20.4 Å². The van der Waals surface area contributed by atoms with Crippen molar-refractivity contribution >= 4 is 23.6 Å². The molecule has 5 nitrogen and oxygen atoms in total. The molecule has 26 heavy (non-hydrogen) atoms. The number of para-hydroxylation sites is 1. The molecule has 0 saturated carbocycles. The lowest BCUT2D eigenvalue weighted by atomic mass is 10.1. The Hall–Kier alpha value is -2.47. The first-order chi connectivity index (χ1) is 12.3. The van der Waals surface area contributed by atoms with Crippen molar-refractivity contribution in [3.05, 3.63) is 54.6 Å². The van der Waals surface area contributed by atoms with E-state index in [1.165, 1.54) is 11.8 Å². The van der Waals surface area contributed by atoms with Crippen molar-refractivity contribution in [3.8, 4) is 16.9 Å². The van der Waals surface area contributed by atoms with E-state index < -0.39 is 5.91 Å². The predicted octanol–water partition coefficient (Wildman–Crippen LogP) is 3.41. The molecule has 2 N–H and O–H groups in total. The zero-order chi connectivity index (χ0) is 19.0. The van der Waals surface area contributed by atoms with Crippen LogP contribution in [-0.2, 0) is 9.59 Å². The lowest BCUT2D eigenvalue weighted by Crippen LogP contribution is -2.44. The second kappa shape index (κ2) is 9.29. The molecule has 0 atom stereocenters. The molecule has 0 aliphatic rings. The Bertz CT molecular complexity index is 742. The number of thioether (sulfide) groups is 1. The van der Waals surface area contributed by atoms with E-state index in [0.29, 0.717) is 5.75 Å². The summed E-state index contributed by atoms with van der Waals surface area (Å²) in [6, 6.07) is 17.3. The molecular weight excluding hydrogens is 348 g/mol. The van der Waals surface area contributed by atoms with Crippen LogP contribution in [0.3, 0.4) is 0 Å². The van der Waals surface area contributed by atoms with Crippen molar-refractivity contribution in [2.24, 2.45) is 0 Å². The Labute approximate surface area is 158 Å². The van der Waals surface area contributed by atoms with Crippen LogP contribution in [0.4, 0.5) is 0 Å². The number of amides is 2. The van der Waals surface area contributed by atoms with Gasteiger partial charge in [0.1, 0.15) is 5.75 Å². The lowest BCUT2D eigenvalue weighted by Gasteiger charge is -2.17. The van der Waals surface area contributed by atoms with Crippen LogP contribution in [0.5, 0.6) is 5.75 Å². The van der Waals surface area contributed by atoms with E-state index in [0.717, 1.165) is 11.1 Å². The zero-order valence-corrected chi connectivity index (χ0v) is 16.1. The highest BCUT2D eigenvalue weighted by Gasteiger charge is 2.14. The summed E-state index contributed by atoms with van der Waals surface area (Å²) < 4.78 is 5.62. The number of hydrogen-bond acceptors (Lipinski definition) is 4. The van der Waals surface area contributed by atoms with Crippen LogP contribution < -0.4 is 15.6 Å². The van der Waals surface area contributed by atoms with Gasteiger partial charge in [-0.25, -0.2) is 0 Å². The number of carbonyl (C=O) groups is 2. The van der Waals surface area contributed by atoms with Gasteiger partial charge in [0.2, 0.25) is 5.91 Å². The quantitative estimate of drug-likeness (QED) is 0.763. The van der Waals surface area contributed by atoms with Crippen molar-refractivity contribution < 1.29 is 14.3 Å².